The van der Waals surface area contributed by atoms with Gasteiger partial charge in [-0.1, -0.05) is 5.92 Å². The predicted octanol–water partition coefficient (Wildman–Crippen LogP) is 1.90. The predicted molar refractivity (Wildman–Crippen MR) is 59.8 cm³/mol. The molecule has 0 fully saturated rings. The lowest BCUT2D eigenvalue weighted by atomic mass is 10.2. The summed E-state index contributed by atoms with van der Waals surface area (Å²) in [6.45, 7) is 1.99. The molecule has 0 aliphatic carbocycles. The molecule has 0 unspecified atom stereocenters. The van der Waals surface area contributed by atoms with Crippen LogP contribution < -0.4 is 5.32 Å². The molecule has 1 aromatic rings. The summed E-state index contributed by atoms with van der Waals surface area (Å²) in [6, 6.07) is 6.08. The van der Waals surface area contributed by atoms with Crippen molar-refractivity contribution >= 4 is 11.4 Å². The summed E-state index contributed by atoms with van der Waals surface area (Å²) >= 11 is 0. The topological polar surface area (TPSA) is 79.0 Å². The molecule has 0 aromatic heterocycles. The lowest BCUT2D eigenvalue weighted by Crippen LogP contribution is -2.02. The van der Waals surface area contributed by atoms with Gasteiger partial charge in [0, 0.05) is 6.07 Å². The van der Waals surface area contributed by atoms with Crippen molar-refractivity contribution in [2.75, 3.05) is 11.9 Å². The quantitative estimate of drug-likeness (QED) is 0.474. The fourth-order valence-electron chi connectivity index (χ4n) is 1.13. The van der Waals surface area contributed by atoms with Crippen molar-refractivity contribution in [2.45, 2.75) is 6.92 Å². The Bertz CT molecular complexity index is 506. The molecule has 1 N–H and O–H groups in total. The number of nitro groups is 1. The van der Waals surface area contributed by atoms with Gasteiger partial charge in [0.25, 0.3) is 5.69 Å². The van der Waals surface area contributed by atoms with Crippen LogP contribution in [-0.4, -0.2) is 11.5 Å². The van der Waals surface area contributed by atoms with Crippen LogP contribution in [-0.2, 0) is 0 Å². The lowest BCUT2D eigenvalue weighted by Gasteiger charge is -2.03. The summed E-state index contributed by atoms with van der Waals surface area (Å²) < 4.78 is 0. The highest BCUT2D eigenvalue weighted by Crippen LogP contribution is 2.24. The Hall–Kier alpha value is -2.53. The minimum atomic E-state index is -0.497. The first-order chi connectivity index (χ1) is 7.69. The van der Waals surface area contributed by atoms with E-state index in [0.29, 0.717) is 17.8 Å². The standard InChI is InChI=1S/C11H9N3O2/c1-2-3-6-13-10-7-9(8-12)4-5-11(10)14(15)16/h4-5,7,13H,6H2,1H3. The molecule has 16 heavy (non-hydrogen) atoms. The summed E-state index contributed by atoms with van der Waals surface area (Å²) in [5.74, 6) is 5.40. The minimum Gasteiger partial charge on any atom is -0.369 e. The lowest BCUT2D eigenvalue weighted by molar-refractivity contribution is -0.384. The highest BCUT2D eigenvalue weighted by atomic mass is 16.6. The molecular weight excluding hydrogens is 206 g/mol. The number of nitrogens with zero attached hydrogens (tertiary/aromatic N) is 2. The second kappa shape index (κ2) is 5.38. The van der Waals surface area contributed by atoms with Gasteiger partial charge in [-0.15, -0.1) is 5.92 Å². The van der Waals surface area contributed by atoms with Crippen molar-refractivity contribution in [2.24, 2.45) is 0 Å². The SMILES string of the molecule is CC#CCNc1cc(C#N)ccc1[N+](=O)[O-]. The molecule has 0 radical (unpaired) electrons. The Kier molecular flexibility index (Phi) is 3.88. The van der Waals surface area contributed by atoms with Crippen LogP contribution in [0.4, 0.5) is 11.4 Å². The van der Waals surface area contributed by atoms with Crippen LogP contribution in [0.1, 0.15) is 12.5 Å². The maximum atomic E-state index is 10.7. The molecule has 0 spiro atoms. The first kappa shape index (κ1) is 11.5. The Morgan fingerprint density at radius 3 is 2.88 bits per heavy atom. The van der Waals surface area contributed by atoms with Crippen molar-refractivity contribution in [1.82, 2.24) is 0 Å². The molecule has 0 aliphatic rings. The summed E-state index contributed by atoms with van der Waals surface area (Å²) in [5.41, 5.74) is 0.626. The third kappa shape index (κ3) is 2.73. The third-order valence-electron chi connectivity index (χ3n) is 1.87. The highest BCUT2D eigenvalue weighted by Gasteiger charge is 2.13. The number of nitro benzene ring substituents is 1. The van der Waals surface area contributed by atoms with E-state index in [4.69, 9.17) is 5.26 Å². The largest absolute Gasteiger partial charge is 0.369 e. The Labute approximate surface area is 92.9 Å². The maximum Gasteiger partial charge on any atom is 0.292 e. The summed E-state index contributed by atoms with van der Waals surface area (Å²) in [7, 11) is 0. The monoisotopic (exact) mass is 215 g/mol. The Balaban J connectivity index is 3.04. The number of nitrogens with one attached hydrogen (secondary N) is 1. The molecule has 1 aromatic carbocycles. The summed E-state index contributed by atoms with van der Waals surface area (Å²) in [6.07, 6.45) is 0. The van der Waals surface area contributed by atoms with Gasteiger partial charge in [-0.25, -0.2) is 0 Å². The van der Waals surface area contributed by atoms with E-state index in [2.05, 4.69) is 17.2 Å². The van der Waals surface area contributed by atoms with Crippen molar-refractivity contribution < 1.29 is 4.92 Å². The molecule has 0 atom stereocenters. The molecule has 0 heterocycles. The van der Waals surface area contributed by atoms with Crippen LogP contribution in [0.2, 0.25) is 0 Å². The first-order valence-electron chi connectivity index (χ1n) is 4.51. The number of nitriles is 1. The first-order valence-corrected chi connectivity index (χ1v) is 4.51. The van der Waals surface area contributed by atoms with Gasteiger partial charge in [0.15, 0.2) is 0 Å². The molecule has 80 valence electrons. The number of anilines is 1. The van der Waals surface area contributed by atoms with E-state index in [9.17, 15) is 10.1 Å². The van der Waals surface area contributed by atoms with Gasteiger partial charge in [-0.05, 0) is 19.1 Å². The molecule has 0 amide bonds. The van der Waals surface area contributed by atoms with E-state index in [1.807, 2.05) is 6.07 Å². The van der Waals surface area contributed by atoms with Crippen LogP contribution in [0, 0.1) is 33.3 Å². The molecule has 5 heteroatoms. The van der Waals surface area contributed by atoms with Crippen molar-refractivity contribution in [3.63, 3.8) is 0 Å². The van der Waals surface area contributed by atoms with E-state index < -0.39 is 4.92 Å². The molecule has 0 bridgehead atoms. The molecule has 5 nitrogen and oxygen atoms in total. The van der Waals surface area contributed by atoms with Crippen molar-refractivity contribution in [1.29, 1.82) is 5.26 Å². The van der Waals surface area contributed by atoms with E-state index in [1.54, 1.807) is 6.92 Å². The van der Waals surface area contributed by atoms with Gasteiger partial charge in [0.2, 0.25) is 0 Å². The number of hydrogen-bond acceptors (Lipinski definition) is 4. The van der Waals surface area contributed by atoms with E-state index in [1.165, 1.54) is 18.2 Å². The van der Waals surface area contributed by atoms with Crippen LogP contribution in [0.15, 0.2) is 18.2 Å². The number of rotatable bonds is 3. The Morgan fingerprint density at radius 1 is 1.56 bits per heavy atom. The van der Waals surface area contributed by atoms with Crippen LogP contribution in [0.25, 0.3) is 0 Å². The third-order valence-corrected chi connectivity index (χ3v) is 1.87. The van der Waals surface area contributed by atoms with Crippen molar-refractivity contribution in [3.05, 3.63) is 33.9 Å². The van der Waals surface area contributed by atoms with Gasteiger partial charge >= 0.3 is 0 Å². The average Bonchev–Trinajstić information content (AvgIpc) is 2.29. The van der Waals surface area contributed by atoms with E-state index >= 15 is 0 Å². The zero-order valence-corrected chi connectivity index (χ0v) is 8.65. The van der Waals surface area contributed by atoms with E-state index in [0.717, 1.165) is 0 Å². The molecular formula is C11H9N3O2. The van der Waals surface area contributed by atoms with Gasteiger partial charge in [-0.2, -0.15) is 5.26 Å². The fraction of sp³-hybridized carbons (Fsp3) is 0.182. The Morgan fingerprint density at radius 2 is 2.31 bits per heavy atom. The summed E-state index contributed by atoms with van der Waals surface area (Å²) in [4.78, 5) is 10.2. The van der Waals surface area contributed by atoms with Gasteiger partial charge < -0.3 is 5.32 Å². The zero-order valence-electron chi connectivity index (χ0n) is 8.65. The molecule has 0 saturated carbocycles. The average molecular weight is 215 g/mol. The van der Waals surface area contributed by atoms with Gasteiger partial charge in [0.1, 0.15) is 5.69 Å². The van der Waals surface area contributed by atoms with Gasteiger partial charge in [-0.3, -0.25) is 10.1 Å². The highest BCUT2D eigenvalue weighted by molar-refractivity contribution is 5.64. The second-order valence-corrected chi connectivity index (χ2v) is 2.88. The number of benzene rings is 1. The minimum absolute atomic E-state index is 0.0584. The van der Waals surface area contributed by atoms with Crippen LogP contribution >= 0.6 is 0 Å². The smallest absolute Gasteiger partial charge is 0.292 e. The van der Waals surface area contributed by atoms with Gasteiger partial charge in [0.05, 0.1) is 23.1 Å². The van der Waals surface area contributed by atoms with Crippen LogP contribution in [0.3, 0.4) is 0 Å². The normalized spacial score (nSPS) is 8.50. The van der Waals surface area contributed by atoms with Crippen LogP contribution in [0.5, 0.6) is 0 Å². The molecule has 0 aliphatic heterocycles. The second-order valence-electron chi connectivity index (χ2n) is 2.88. The van der Waals surface area contributed by atoms with E-state index in [-0.39, 0.29) is 5.69 Å². The summed E-state index contributed by atoms with van der Waals surface area (Å²) in [5, 5.41) is 22.2. The van der Waals surface area contributed by atoms with Crippen molar-refractivity contribution in [3.8, 4) is 17.9 Å². The molecule has 1 rings (SSSR count). The molecule has 0 saturated heterocycles. The number of hydrogen-bond donors (Lipinski definition) is 1. The fourth-order valence-corrected chi connectivity index (χ4v) is 1.13. The zero-order chi connectivity index (χ0) is 12.0. The maximum absolute atomic E-state index is 10.7.